The molecular weight excluding hydrogens is 302 g/mol. The highest BCUT2D eigenvalue weighted by Gasteiger charge is 2.55. The first-order valence-corrected chi connectivity index (χ1v) is 8.62. The summed E-state index contributed by atoms with van der Waals surface area (Å²) in [6, 6.07) is -0.180. The lowest BCUT2D eigenvalue weighted by atomic mass is 9.81. The number of carbonyl (C=O) groups excluding carboxylic acids is 1. The highest BCUT2D eigenvalue weighted by Crippen LogP contribution is 2.48. The third-order valence-corrected chi connectivity index (χ3v) is 5.95. The fourth-order valence-corrected chi connectivity index (χ4v) is 4.41. The molecule has 2 atom stereocenters. The highest BCUT2D eigenvalue weighted by molar-refractivity contribution is 7.09. The fourth-order valence-electron chi connectivity index (χ4n) is 3.66. The number of hydrogen-bond acceptors (Lipinski definition) is 4. The summed E-state index contributed by atoms with van der Waals surface area (Å²) in [4.78, 5) is 30.0. The van der Waals surface area contributed by atoms with E-state index in [-0.39, 0.29) is 11.9 Å². The Hall–Kier alpha value is -1.63. The van der Waals surface area contributed by atoms with Gasteiger partial charge in [0.1, 0.15) is 0 Å². The molecule has 0 spiro atoms. The van der Waals surface area contributed by atoms with Crippen molar-refractivity contribution in [3.05, 3.63) is 16.1 Å². The molecule has 1 saturated heterocycles. The van der Waals surface area contributed by atoms with Crippen molar-refractivity contribution in [3.8, 4) is 0 Å². The van der Waals surface area contributed by atoms with E-state index in [0.29, 0.717) is 26.1 Å². The largest absolute Gasteiger partial charge is 0.481 e. The summed E-state index contributed by atoms with van der Waals surface area (Å²) in [5.41, 5.74) is 0.149. The second kappa shape index (κ2) is 5.87. The lowest BCUT2D eigenvalue weighted by Gasteiger charge is -2.23. The van der Waals surface area contributed by atoms with Crippen molar-refractivity contribution in [1.29, 1.82) is 0 Å². The number of thiazole rings is 1. The lowest BCUT2D eigenvalue weighted by molar-refractivity contribution is -0.149. The van der Waals surface area contributed by atoms with Crippen molar-refractivity contribution >= 4 is 23.3 Å². The van der Waals surface area contributed by atoms with Crippen LogP contribution in [0.3, 0.4) is 0 Å². The highest BCUT2D eigenvalue weighted by atomic mass is 32.1. The molecule has 22 heavy (non-hydrogen) atoms. The van der Waals surface area contributed by atoms with Crippen molar-refractivity contribution in [3.63, 3.8) is 0 Å². The number of nitrogens with one attached hydrogen (secondary N) is 1. The summed E-state index contributed by atoms with van der Waals surface area (Å²) >= 11 is 1.60. The Kier molecular flexibility index (Phi) is 4.08. The molecule has 0 unspecified atom stereocenters. The van der Waals surface area contributed by atoms with E-state index in [9.17, 15) is 14.7 Å². The van der Waals surface area contributed by atoms with Crippen molar-refractivity contribution in [2.75, 3.05) is 13.1 Å². The molecule has 2 amide bonds. The Morgan fingerprint density at radius 2 is 2.41 bits per heavy atom. The molecule has 1 aromatic rings. The summed E-state index contributed by atoms with van der Waals surface area (Å²) in [6.07, 6.45) is 3.43. The third kappa shape index (κ3) is 2.58. The minimum absolute atomic E-state index is 0.0988. The Morgan fingerprint density at radius 1 is 1.59 bits per heavy atom. The van der Waals surface area contributed by atoms with Gasteiger partial charge in [-0.3, -0.25) is 4.79 Å². The Morgan fingerprint density at radius 3 is 3.05 bits per heavy atom. The predicted octanol–water partition coefficient (Wildman–Crippen LogP) is 2.10. The number of urea groups is 1. The maximum atomic E-state index is 12.3. The van der Waals surface area contributed by atoms with Crippen molar-refractivity contribution in [2.24, 2.45) is 11.3 Å². The van der Waals surface area contributed by atoms with Crippen LogP contribution >= 0.6 is 11.3 Å². The van der Waals surface area contributed by atoms with E-state index in [1.165, 1.54) is 0 Å². The average Bonchev–Trinajstić information content (AvgIpc) is 3.17. The van der Waals surface area contributed by atoms with Crippen LogP contribution in [0.1, 0.15) is 36.9 Å². The number of carboxylic acid groups (broad SMARTS) is 1. The van der Waals surface area contributed by atoms with Gasteiger partial charge in [-0.15, -0.1) is 11.3 Å². The number of rotatable bonds is 4. The molecule has 0 bridgehead atoms. The molecule has 2 heterocycles. The van der Waals surface area contributed by atoms with Crippen LogP contribution in [0.15, 0.2) is 5.38 Å². The summed E-state index contributed by atoms with van der Waals surface area (Å²) in [7, 11) is 0. The number of nitrogens with zero attached hydrogens (tertiary/aromatic N) is 2. The number of aliphatic carboxylic acids is 1. The number of carboxylic acids is 1. The third-order valence-electron chi connectivity index (χ3n) is 4.91. The van der Waals surface area contributed by atoms with Crippen LogP contribution in [0.25, 0.3) is 0 Å². The quantitative estimate of drug-likeness (QED) is 0.889. The van der Waals surface area contributed by atoms with E-state index >= 15 is 0 Å². The van der Waals surface area contributed by atoms with Gasteiger partial charge in [-0.25, -0.2) is 9.78 Å². The van der Waals surface area contributed by atoms with E-state index in [4.69, 9.17) is 0 Å². The number of likely N-dealkylation sites (tertiary alicyclic amines) is 1. The smallest absolute Gasteiger partial charge is 0.317 e. The predicted molar refractivity (Wildman–Crippen MR) is 82.7 cm³/mol. The second-order valence-electron chi connectivity index (χ2n) is 6.18. The van der Waals surface area contributed by atoms with Crippen molar-refractivity contribution < 1.29 is 14.7 Å². The van der Waals surface area contributed by atoms with Gasteiger partial charge < -0.3 is 15.3 Å². The first-order chi connectivity index (χ1) is 10.5. The van der Waals surface area contributed by atoms with Gasteiger partial charge in [0.15, 0.2) is 0 Å². The number of amides is 2. The fraction of sp³-hybridized carbons (Fsp3) is 0.667. The van der Waals surface area contributed by atoms with Crippen LogP contribution in [-0.4, -0.2) is 40.1 Å². The van der Waals surface area contributed by atoms with Crippen LogP contribution in [0.5, 0.6) is 0 Å². The van der Waals surface area contributed by atoms with E-state index < -0.39 is 11.4 Å². The number of hydrogen-bond donors (Lipinski definition) is 2. The Labute approximate surface area is 133 Å². The maximum Gasteiger partial charge on any atom is 0.317 e. The molecule has 2 fully saturated rings. The molecule has 120 valence electrons. The SMILES string of the molecule is CCc1nc(CNC(=O)N2C[C@@H]3CCC[C@@]3(C(=O)O)C2)cs1. The number of aromatic nitrogens is 1. The van der Waals surface area contributed by atoms with Crippen LogP contribution in [0.2, 0.25) is 0 Å². The Bertz CT molecular complexity index is 588. The summed E-state index contributed by atoms with van der Waals surface area (Å²) in [6.45, 7) is 3.33. The molecule has 1 aliphatic carbocycles. The van der Waals surface area contributed by atoms with E-state index in [1.807, 2.05) is 5.38 Å². The van der Waals surface area contributed by atoms with Gasteiger partial charge in [0.05, 0.1) is 22.7 Å². The standard InChI is InChI=1S/C15H21N3O3S/c1-2-12-17-11(8-22-12)6-16-14(21)18-7-10-4-3-5-15(10,9-18)13(19)20/h8,10H,2-7,9H2,1H3,(H,16,21)(H,19,20)/t10-,15+/m0/s1. The van der Waals surface area contributed by atoms with Gasteiger partial charge in [0.25, 0.3) is 0 Å². The van der Waals surface area contributed by atoms with Crippen LogP contribution in [0.4, 0.5) is 4.79 Å². The summed E-state index contributed by atoms with van der Waals surface area (Å²) in [5.74, 6) is -0.654. The average molecular weight is 323 g/mol. The molecular formula is C15H21N3O3S. The molecule has 2 aliphatic rings. The van der Waals surface area contributed by atoms with Crippen molar-refractivity contribution in [1.82, 2.24) is 15.2 Å². The topological polar surface area (TPSA) is 82.5 Å². The zero-order valence-corrected chi connectivity index (χ0v) is 13.5. The van der Waals surface area contributed by atoms with Crippen molar-refractivity contribution in [2.45, 2.75) is 39.2 Å². The molecule has 1 aliphatic heterocycles. The zero-order chi connectivity index (χ0) is 15.7. The molecule has 1 saturated carbocycles. The first kappa shape index (κ1) is 15.3. The second-order valence-corrected chi connectivity index (χ2v) is 7.12. The Balaban J connectivity index is 1.58. The normalized spacial score (nSPS) is 27.0. The molecule has 1 aromatic heterocycles. The number of carbonyl (C=O) groups is 2. The van der Waals surface area contributed by atoms with Gasteiger partial charge in [0.2, 0.25) is 0 Å². The minimum atomic E-state index is -0.752. The van der Waals surface area contributed by atoms with E-state index in [0.717, 1.165) is 30.0 Å². The number of fused-ring (bicyclic) bond motifs is 1. The summed E-state index contributed by atoms with van der Waals surface area (Å²) < 4.78 is 0. The first-order valence-electron chi connectivity index (χ1n) is 7.74. The molecule has 6 nitrogen and oxygen atoms in total. The van der Waals surface area contributed by atoms with Crippen LogP contribution in [-0.2, 0) is 17.8 Å². The monoisotopic (exact) mass is 323 g/mol. The van der Waals surface area contributed by atoms with Gasteiger partial charge in [-0.2, -0.15) is 0 Å². The van der Waals surface area contributed by atoms with Crippen LogP contribution in [0, 0.1) is 11.3 Å². The molecule has 3 rings (SSSR count). The molecule has 2 N–H and O–H groups in total. The molecule has 7 heteroatoms. The molecule has 0 aromatic carbocycles. The van der Waals surface area contributed by atoms with E-state index in [2.05, 4.69) is 17.2 Å². The van der Waals surface area contributed by atoms with Gasteiger partial charge >= 0.3 is 12.0 Å². The van der Waals surface area contributed by atoms with E-state index in [1.54, 1.807) is 16.2 Å². The van der Waals surface area contributed by atoms with Crippen LogP contribution < -0.4 is 5.32 Å². The number of aryl methyl sites for hydroxylation is 1. The van der Waals surface area contributed by atoms with Gasteiger partial charge in [-0.1, -0.05) is 13.3 Å². The minimum Gasteiger partial charge on any atom is -0.481 e. The zero-order valence-electron chi connectivity index (χ0n) is 12.7. The maximum absolute atomic E-state index is 12.3. The molecule has 0 radical (unpaired) electrons. The summed E-state index contributed by atoms with van der Waals surface area (Å²) in [5, 5.41) is 15.4. The van der Waals surface area contributed by atoms with Gasteiger partial charge in [0, 0.05) is 18.5 Å². The van der Waals surface area contributed by atoms with Gasteiger partial charge in [-0.05, 0) is 25.2 Å². The lowest BCUT2D eigenvalue weighted by Crippen LogP contribution is -2.41.